The first-order chi connectivity index (χ1) is 16.7. The summed E-state index contributed by atoms with van der Waals surface area (Å²) in [5.74, 6) is -0.478. The number of nitrogens with one attached hydrogen (secondary N) is 2. The predicted molar refractivity (Wildman–Crippen MR) is 133 cm³/mol. The Hall–Kier alpha value is -3.22. The maximum absolute atomic E-state index is 13.1. The number of carbonyl (C=O) groups is 1. The first kappa shape index (κ1) is 26.4. The average molecular weight is 521 g/mol. The summed E-state index contributed by atoms with van der Waals surface area (Å²) >= 11 is 0. The second-order valence-electron chi connectivity index (χ2n) is 7.70. The molecule has 0 radical (unpaired) electrons. The number of carbonyl (C=O) groups excluding carboxylic acids is 1. The molecule has 0 heterocycles. The molecule has 12 heteroatoms. The third-order valence-electron chi connectivity index (χ3n) is 5.25. The van der Waals surface area contributed by atoms with Gasteiger partial charge in [0.2, 0.25) is 10.0 Å². The van der Waals surface area contributed by atoms with Gasteiger partial charge in [0.25, 0.3) is 10.0 Å². The second-order valence-corrected chi connectivity index (χ2v) is 11.1. The summed E-state index contributed by atoms with van der Waals surface area (Å²) < 4.78 is 61.4. The lowest BCUT2D eigenvalue weighted by molar-refractivity contribution is -0.141. The van der Waals surface area contributed by atoms with Crippen LogP contribution in [0.15, 0.2) is 81.2 Å². The van der Waals surface area contributed by atoms with E-state index in [-0.39, 0.29) is 28.6 Å². The van der Waals surface area contributed by atoms with Crippen LogP contribution in [0.3, 0.4) is 0 Å². The van der Waals surface area contributed by atoms with Crippen LogP contribution >= 0.6 is 0 Å². The van der Waals surface area contributed by atoms with E-state index in [1.54, 1.807) is 25.1 Å². The number of nitrogens with zero attached hydrogens (tertiary/aromatic N) is 1. The van der Waals surface area contributed by atoms with Crippen LogP contribution < -0.4 is 15.2 Å². The van der Waals surface area contributed by atoms with Gasteiger partial charge >= 0.3 is 5.97 Å². The normalized spacial score (nSPS) is 18.9. The van der Waals surface area contributed by atoms with E-state index < -0.39 is 32.1 Å². The molecule has 1 unspecified atom stereocenters. The van der Waals surface area contributed by atoms with Crippen molar-refractivity contribution in [2.75, 3.05) is 17.9 Å². The second kappa shape index (κ2) is 11.5. The van der Waals surface area contributed by atoms with E-state index in [4.69, 9.17) is 10.5 Å². The van der Waals surface area contributed by atoms with Gasteiger partial charge in [-0.2, -0.15) is 0 Å². The van der Waals surface area contributed by atoms with E-state index in [9.17, 15) is 21.6 Å². The molecule has 3 rings (SSSR count). The Bertz CT molecular complexity index is 1320. The number of esters is 1. The quantitative estimate of drug-likeness (QED) is 0.428. The number of hydrogen-bond donors (Lipinski definition) is 3. The van der Waals surface area contributed by atoms with Gasteiger partial charge in [-0.05, 0) is 56.5 Å². The largest absolute Gasteiger partial charge is 0.465 e. The topological polar surface area (TPSA) is 157 Å². The number of benzene rings is 2. The number of ether oxygens (including phenoxy) is 1. The molecule has 10 nitrogen and oxygen atoms in total. The van der Waals surface area contributed by atoms with Crippen molar-refractivity contribution in [1.29, 1.82) is 0 Å². The van der Waals surface area contributed by atoms with Crippen molar-refractivity contribution in [3.8, 4) is 0 Å². The summed E-state index contributed by atoms with van der Waals surface area (Å²) in [6, 6.07) is 12.6. The molecular formula is C23H28N4O6S2. The molecule has 2 aromatic rings. The molecule has 0 amide bonds. The Balaban J connectivity index is 1.78. The van der Waals surface area contributed by atoms with Gasteiger partial charge in [-0.25, -0.2) is 21.6 Å². The Morgan fingerprint density at radius 3 is 2.49 bits per heavy atom. The molecule has 0 spiro atoms. The van der Waals surface area contributed by atoms with Crippen molar-refractivity contribution in [2.45, 2.75) is 42.0 Å². The summed E-state index contributed by atoms with van der Waals surface area (Å²) in [5.41, 5.74) is 6.92. The van der Waals surface area contributed by atoms with Crippen LogP contribution in [0.4, 0.5) is 5.69 Å². The number of aliphatic imine (C=N–C) groups is 1. The van der Waals surface area contributed by atoms with Gasteiger partial charge in [0.1, 0.15) is 6.54 Å². The standard InChI is InChI=1S/C23H28N4O6S2/c1-2-33-23(28)16-25-21-12-7-13-22(20(21)15-24)27-35(31,32)19-11-6-8-17(14-19)26-34(29,30)18-9-4-3-5-10-18/h3-6,8-11,14-15,22,26-27H,2,7,12-13,16,24H2,1H3. The fraction of sp³-hybridized carbons (Fsp3) is 0.304. The van der Waals surface area contributed by atoms with Gasteiger partial charge in [0.05, 0.1) is 28.1 Å². The van der Waals surface area contributed by atoms with Gasteiger partial charge in [-0.15, -0.1) is 0 Å². The third-order valence-corrected chi connectivity index (χ3v) is 8.11. The Kier molecular flexibility index (Phi) is 8.65. The number of rotatable bonds is 9. The van der Waals surface area contributed by atoms with E-state index in [1.807, 2.05) is 0 Å². The molecule has 4 N–H and O–H groups in total. The smallest absolute Gasteiger partial charge is 0.327 e. The van der Waals surface area contributed by atoms with Crippen molar-refractivity contribution in [3.63, 3.8) is 0 Å². The minimum Gasteiger partial charge on any atom is -0.465 e. The molecule has 0 aromatic heterocycles. The van der Waals surface area contributed by atoms with E-state index in [0.29, 0.717) is 30.5 Å². The van der Waals surface area contributed by atoms with E-state index in [2.05, 4.69) is 14.4 Å². The maximum atomic E-state index is 13.1. The lowest BCUT2D eigenvalue weighted by atomic mass is 9.89. The summed E-state index contributed by atoms with van der Waals surface area (Å²) in [6.07, 6.45) is 2.97. The van der Waals surface area contributed by atoms with Crippen molar-refractivity contribution < 1.29 is 26.4 Å². The molecule has 2 aromatic carbocycles. The molecule has 1 aliphatic rings. The lowest BCUT2D eigenvalue weighted by Gasteiger charge is -2.27. The summed E-state index contributed by atoms with van der Waals surface area (Å²) in [6.45, 7) is 1.76. The van der Waals surface area contributed by atoms with E-state index >= 15 is 0 Å². The van der Waals surface area contributed by atoms with Gasteiger partial charge in [0, 0.05) is 17.5 Å². The van der Waals surface area contributed by atoms with E-state index in [1.165, 1.54) is 42.6 Å². The zero-order chi connectivity index (χ0) is 25.5. The minimum atomic E-state index is -4.04. The molecule has 1 aliphatic carbocycles. The number of hydrogen-bond acceptors (Lipinski definition) is 8. The first-order valence-corrected chi connectivity index (χ1v) is 13.9. The highest BCUT2D eigenvalue weighted by molar-refractivity contribution is 7.92. The highest BCUT2D eigenvalue weighted by Gasteiger charge is 2.29. The third kappa shape index (κ3) is 6.90. The first-order valence-electron chi connectivity index (χ1n) is 11.0. The van der Waals surface area contributed by atoms with Crippen LogP contribution in [0, 0.1) is 0 Å². The molecule has 188 valence electrons. The highest BCUT2D eigenvalue weighted by Crippen LogP contribution is 2.25. The zero-order valence-electron chi connectivity index (χ0n) is 19.2. The Labute approximate surface area is 205 Å². The molecule has 1 fully saturated rings. The van der Waals surface area contributed by atoms with Crippen LogP contribution in [0.1, 0.15) is 26.2 Å². The zero-order valence-corrected chi connectivity index (χ0v) is 20.8. The van der Waals surface area contributed by atoms with Crippen LogP contribution in [-0.2, 0) is 29.6 Å². The van der Waals surface area contributed by atoms with E-state index in [0.717, 1.165) is 0 Å². The van der Waals surface area contributed by atoms with Crippen molar-refractivity contribution in [2.24, 2.45) is 10.7 Å². The molecule has 0 saturated heterocycles. The molecule has 35 heavy (non-hydrogen) atoms. The molecule has 1 saturated carbocycles. The number of anilines is 1. The molecule has 0 aliphatic heterocycles. The Morgan fingerprint density at radius 1 is 1.09 bits per heavy atom. The van der Waals surface area contributed by atoms with Crippen molar-refractivity contribution >= 4 is 37.4 Å². The fourth-order valence-electron chi connectivity index (χ4n) is 3.64. The van der Waals surface area contributed by atoms with Gasteiger partial charge in [0.15, 0.2) is 0 Å². The lowest BCUT2D eigenvalue weighted by Crippen LogP contribution is -2.41. The summed E-state index contributed by atoms with van der Waals surface area (Å²) in [7, 11) is -7.92. The van der Waals surface area contributed by atoms with Crippen molar-refractivity contribution in [3.05, 3.63) is 66.4 Å². The average Bonchev–Trinajstić information content (AvgIpc) is 2.83. The SMILES string of the molecule is CCOC(=O)CN=C1CCCC(NS(=O)(=O)c2cccc(NS(=O)(=O)c3ccccc3)c2)C1=CN. The van der Waals surface area contributed by atoms with Gasteiger partial charge in [-0.1, -0.05) is 24.3 Å². The van der Waals surface area contributed by atoms with Crippen LogP contribution in [0.2, 0.25) is 0 Å². The fourth-order valence-corrected chi connectivity index (χ4v) is 6.01. The molecule has 0 bridgehead atoms. The number of nitrogens with two attached hydrogens (primary N) is 1. The monoisotopic (exact) mass is 520 g/mol. The number of sulfonamides is 2. The highest BCUT2D eigenvalue weighted by atomic mass is 32.2. The summed E-state index contributed by atoms with van der Waals surface area (Å²) in [4.78, 5) is 15.9. The van der Waals surface area contributed by atoms with Gasteiger partial charge < -0.3 is 10.5 Å². The molecule has 1 atom stereocenters. The van der Waals surface area contributed by atoms with Crippen LogP contribution in [0.25, 0.3) is 0 Å². The van der Waals surface area contributed by atoms with Gasteiger partial charge in [-0.3, -0.25) is 14.5 Å². The predicted octanol–water partition coefficient (Wildman–Crippen LogP) is 2.16. The maximum Gasteiger partial charge on any atom is 0.327 e. The minimum absolute atomic E-state index is 0.0564. The molecular weight excluding hydrogens is 492 g/mol. The summed E-state index contributed by atoms with van der Waals surface area (Å²) in [5, 5.41) is 0. The van der Waals surface area contributed by atoms with Crippen molar-refractivity contribution in [1.82, 2.24) is 4.72 Å². The van der Waals surface area contributed by atoms with Crippen LogP contribution in [-0.4, -0.2) is 47.7 Å². The Morgan fingerprint density at radius 2 is 1.80 bits per heavy atom. The van der Waals surface area contributed by atoms with Crippen LogP contribution in [0.5, 0.6) is 0 Å².